The van der Waals surface area contributed by atoms with Gasteiger partial charge in [-0.3, -0.25) is 9.78 Å². The third-order valence-electron chi connectivity index (χ3n) is 2.75. The van der Waals surface area contributed by atoms with Crippen molar-refractivity contribution in [3.05, 3.63) is 30.1 Å². The van der Waals surface area contributed by atoms with Gasteiger partial charge in [0.2, 0.25) is 5.91 Å². The molecule has 0 aliphatic heterocycles. The number of urea groups is 1. The molecule has 0 aromatic carbocycles. The molecule has 1 heterocycles. The number of aliphatic carboxylic acids is 1. The fourth-order valence-electron chi connectivity index (χ4n) is 1.66. The third-order valence-corrected chi connectivity index (χ3v) is 2.75. The molecule has 4 N–H and O–H groups in total. The molecule has 1 atom stereocenters. The Morgan fingerprint density at radius 3 is 2.62 bits per heavy atom. The molecule has 21 heavy (non-hydrogen) atoms. The van der Waals surface area contributed by atoms with E-state index in [4.69, 9.17) is 10.8 Å². The molecule has 0 saturated heterocycles. The van der Waals surface area contributed by atoms with Gasteiger partial charge in [0.25, 0.3) is 0 Å². The largest absolute Gasteiger partial charge is 0.480 e. The van der Waals surface area contributed by atoms with Crippen molar-refractivity contribution >= 4 is 17.9 Å². The lowest BCUT2D eigenvalue weighted by atomic mass is 10.2. The van der Waals surface area contributed by atoms with Crippen LogP contribution in [0.3, 0.4) is 0 Å². The fraction of sp³-hybridized carbons (Fsp3) is 0.385. The summed E-state index contributed by atoms with van der Waals surface area (Å²) in [6.45, 7) is 2.36. The molecule has 0 aliphatic rings. The summed E-state index contributed by atoms with van der Waals surface area (Å²) >= 11 is 0. The van der Waals surface area contributed by atoms with E-state index < -0.39 is 30.4 Å². The zero-order chi connectivity index (χ0) is 15.8. The lowest BCUT2D eigenvalue weighted by molar-refractivity contribution is -0.140. The summed E-state index contributed by atoms with van der Waals surface area (Å²) in [7, 11) is 0. The average Bonchev–Trinajstić information content (AvgIpc) is 2.44. The van der Waals surface area contributed by atoms with Crippen molar-refractivity contribution in [2.24, 2.45) is 5.73 Å². The number of pyridine rings is 1. The van der Waals surface area contributed by atoms with Crippen LogP contribution < -0.4 is 11.1 Å². The van der Waals surface area contributed by atoms with E-state index in [0.29, 0.717) is 12.2 Å². The molecule has 0 unspecified atom stereocenters. The lowest BCUT2D eigenvalue weighted by Gasteiger charge is -2.23. The standard InChI is InChI=1S/C13H18N4O4/c1-2-17(8-9-5-3-4-6-15-9)13(21)16-10(12(19)20)7-11(14)18/h3-6,10H,2,7-8H2,1H3,(H2,14,18)(H,16,21)(H,19,20)/t10-/m1/s1. The van der Waals surface area contributed by atoms with Gasteiger partial charge < -0.3 is 21.1 Å². The van der Waals surface area contributed by atoms with E-state index in [1.54, 1.807) is 31.3 Å². The Balaban J connectivity index is 2.69. The lowest BCUT2D eigenvalue weighted by Crippen LogP contribution is -2.49. The number of nitrogens with zero attached hydrogens (tertiary/aromatic N) is 2. The van der Waals surface area contributed by atoms with Gasteiger partial charge in [-0.25, -0.2) is 9.59 Å². The zero-order valence-corrected chi connectivity index (χ0v) is 11.7. The molecule has 114 valence electrons. The molecule has 8 nitrogen and oxygen atoms in total. The SMILES string of the molecule is CCN(Cc1ccccn1)C(=O)N[C@H](CC(N)=O)C(=O)O. The van der Waals surface area contributed by atoms with Crippen LogP contribution in [-0.2, 0) is 16.1 Å². The summed E-state index contributed by atoms with van der Waals surface area (Å²) in [6, 6.07) is 3.38. The van der Waals surface area contributed by atoms with Gasteiger partial charge in [0.1, 0.15) is 6.04 Å². The minimum atomic E-state index is -1.34. The molecule has 1 aromatic heterocycles. The Kier molecular flexibility index (Phi) is 6.12. The van der Waals surface area contributed by atoms with Crippen LogP contribution in [0.2, 0.25) is 0 Å². The molecule has 3 amide bonds. The summed E-state index contributed by atoms with van der Waals surface area (Å²) in [5.41, 5.74) is 5.64. The Morgan fingerprint density at radius 2 is 2.14 bits per heavy atom. The molecule has 0 fully saturated rings. The van der Waals surface area contributed by atoms with Crippen LogP contribution in [0.1, 0.15) is 19.0 Å². The Morgan fingerprint density at radius 1 is 1.43 bits per heavy atom. The number of hydrogen-bond acceptors (Lipinski definition) is 4. The number of amides is 3. The van der Waals surface area contributed by atoms with E-state index in [1.807, 2.05) is 0 Å². The highest BCUT2D eigenvalue weighted by Crippen LogP contribution is 2.02. The minimum absolute atomic E-state index is 0.242. The third kappa shape index (κ3) is 5.47. The zero-order valence-electron chi connectivity index (χ0n) is 11.7. The van der Waals surface area contributed by atoms with Gasteiger partial charge in [0, 0.05) is 12.7 Å². The van der Waals surface area contributed by atoms with E-state index >= 15 is 0 Å². The van der Waals surface area contributed by atoms with E-state index in [9.17, 15) is 14.4 Å². The first-order chi connectivity index (χ1) is 9.93. The Bertz CT molecular complexity index is 506. The van der Waals surface area contributed by atoms with Crippen molar-refractivity contribution in [1.82, 2.24) is 15.2 Å². The second-order valence-corrected chi connectivity index (χ2v) is 4.35. The summed E-state index contributed by atoms with van der Waals surface area (Å²) in [5, 5.41) is 11.2. The van der Waals surface area contributed by atoms with Crippen LogP contribution in [0, 0.1) is 0 Å². The molecule has 0 spiro atoms. The average molecular weight is 294 g/mol. The molecule has 0 bridgehead atoms. The van der Waals surface area contributed by atoms with E-state index in [-0.39, 0.29) is 6.54 Å². The van der Waals surface area contributed by atoms with Crippen LogP contribution in [-0.4, -0.2) is 45.5 Å². The molecule has 8 heteroatoms. The highest BCUT2D eigenvalue weighted by Gasteiger charge is 2.24. The summed E-state index contributed by atoms with van der Waals surface area (Å²) in [6.07, 6.45) is 1.15. The number of aromatic nitrogens is 1. The second-order valence-electron chi connectivity index (χ2n) is 4.35. The summed E-state index contributed by atoms with van der Waals surface area (Å²) in [4.78, 5) is 39.3. The van der Waals surface area contributed by atoms with Gasteiger partial charge >= 0.3 is 12.0 Å². The molecular weight excluding hydrogens is 276 g/mol. The maximum atomic E-state index is 12.0. The number of carboxylic acids is 1. The van der Waals surface area contributed by atoms with Crippen molar-refractivity contribution in [2.75, 3.05) is 6.54 Å². The molecule has 0 aliphatic carbocycles. The number of carbonyl (C=O) groups is 3. The molecule has 1 rings (SSSR count). The van der Waals surface area contributed by atoms with Crippen LogP contribution in [0.5, 0.6) is 0 Å². The highest BCUT2D eigenvalue weighted by atomic mass is 16.4. The topological polar surface area (TPSA) is 126 Å². The van der Waals surface area contributed by atoms with E-state index in [0.717, 1.165) is 0 Å². The van der Waals surface area contributed by atoms with Crippen LogP contribution in [0.25, 0.3) is 0 Å². The van der Waals surface area contributed by atoms with Crippen molar-refractivity contribution in [3.8, 4) is 0 Å². The number of nitrogens with two attached hydrogens (primary N) is 1. The second kappa shape index (κ2) is 7.83. The van der Waals surface area contributed by atoms with Gasteiger partial charge in [-0.2, -0.15) is 0 Å². The number of hydrogen-bond donors (Lipinski definition) is 3. The number of carboxylic acid groups (broad SMARTS) is 1. The number of rotatable bonds is 7. The highest BCUT2D eigenvalue weighted by molar-refractivity contribution is 5.87. The predicted octanol–water partition coefficient (Wildman–Crippen LogP) is -0.0583. The first kappa shape index (κ1) is 16.4. The molecule has 0 radical (unpaired) electrons. The molecular formula is C13H18N4O4. The van der Waals surface area contributed by atoms with Crippen molar-refractivity contribution in [1.29, 1.82) is 0 Å². The Hall–Kier alpha value is -2.64. The van der Waals surface area contributed by atoms with Gasteiger partial charge in [-0.05, 0) is 19.1 Å². The van der Waals surface area contributed by atoms with Crippen molar-refractivity contribution in [3.63, 3.8) is 0 Å². The maximum absolute atomic E-state index is 12.0. The quantitative estimate of drug-likeness (QED) is 0.649. The smallest absolute Gasteiger partial charge is 0.326 e. The van der Waals surface area contributed by atoms with E-state index in [1.165, 1.54) is 4.90 Å². The maximum Gasteiger partial charge on any atom is 0.326 e. The monoisotopic (exact) mass is 294 g/mol. The Labute approximate surface area is 121 Å². The van der Waals surface area contributed by atoms with Crippen LogP contribution in [0.4, 0.5) is 4.79 Å². The normalized spacial score (nSPS) is 11.5. The van der Waals surface area contributed by atoms with Crippen molar-refractivity contribution in [2.45, 2.75) is 25.9 Å². The van der Waals surface area contributed by atoms with Gasteiger partial charge in [-0.15, -0.1) is 0 Å². The summed E-state index contributed by atoms with van der Waals surface area (Å²) < 4.78 is 0. The molecule has 1 aromatic rings. The minimum Gasteiger partial charge on any atom is -0.480 e. The summed E-state index contributed by atoms with van der Waals surface area (Å²) in [5.74, 6) is -2.11. The van der Waals surface area contributed by atoms with Gasteiger partial charge in [0.15, 0.2) is 0 Å². The van der Waals surface area contributed by atoms with E-state index in [2.05, 4.69) is 10.3 Å². The number of primary amides is 1. The van der Waals surface area contributed by atoms with Crippen molar-refractivity contribution < 1.29 is 19.5 Å². The predicted molar refractivity (Wildman–Crippen MR) is 74.1 cm³/mol. The number of nitrogens with one attached hydrogen (secondary N) is 1. The van der Waals surface area contributed by atoms with Crippen LogP contribution in [0.15, 0.2) is 24.4 Å². The van der Waals surface area contributed by atoms with Gasteiger partial charge in [-0.1, -0.05) is 6.07 Å². The van der Waals surface area contributed by atoms with Gasteiger partial charge in [0.05, 0.1) is 18.7 Å². The fourth-order valence-corrected chi connectivity index (χ4v) is 1.66. The van der Waals surface area contributed by atoms with Crippen LogP contribution >= 0.6 is 0 Å². The number of carbonyl (C=O) groups excluding carboxylic acids is 2. The first-order valence-corrected chi connectivity index (χ1v) is 6.40. The first-order valence-electron chi connectivity index (χ1n) is 6.40. The molecule has 0 saturated carbocycles.